The normalized spacial score (nSPS) is 15.7. The molecule has 4 aromatic rings. The molecule has 0 N–H and O–H groups in total. The number of halogens is 1. The van der Waals surface area contributed by atoms with Crippen LogP contribution in [0.5, 0.6) is 0 Å². The summed E-state index contributed by atoms with van der Waals surface area (Å²) in [4.78, 5) is 28.4. The van der Waals surface area contributed by atoms with Gasteiger partial charge < -0.3 is 9.32 Å². The van der Waals surface area contributed by atoms with Gasteiger partial charge in [0, 0.05) is 11.6 Å². The van der Waals surface area contributed by atoms with Crippen molar-refractivity contribution in [2.45, 2.75) is 12.6 Å². The predicted molar refractivity (Wildman–Crippen MR) is 112 cm³/mol. The maximum absolute atomic E-state index is 13.4. The molecule has 0 bridgehead atoms. The maximum Gasteiger partial charge on any atom is 0.291 e. The van der Waals surface area contributed by atoms with Crippen LogP contribution in [0.25, 0.3) is 11.0 Å². The Morgan fingerprint density at radius 3 is 2.31 bits per heavy atom. The Balaban J connectivity index is 1.74. The molecule has 0 spiro atoms. The molecule has 142 valence electrons. The number of rotatable bonds is 3. The van der Waals surface area contributed by atoms with Crippen LogP contribution in [0.2, 0.25) is 5.02 Å². The third kappa shape index (κ3) is 2.93. The standard InChI is InChI=1S/C24H16ClNO3/c25-17-11-12-19-18(13-17)22(27)20-21(16-9-5-2-6-10-16)26(24(28)23(20)29-19)14-15-7-3-1-4-8-15/h1-13,21H,14H2. The summed E-state index contributed by atoms with van der Waals surface area (Å²) < 4.78 is 5.92. The van der Waals surface area contributed by atoms with Crippen LogP contribution in [0.4, 0.5) is 0 Å². The van der Waals surface area contributed by atoms with Gasteiger partial charge >= 0.3 is 0 Å². The topological polar surface area (TPSA) is 50.5 Å². The highest BCUT2D eigenvalue weighted by molar-refractivity contribution is 6.31. The van der Waals surface area contributed by atoms with Crippen molar-refractivity contribution in [1.29, 1.82) is 0 Å². The molecule has 1 aromatic heterocycles. The second-order valence-electron chi connectivity index (χ2n) is 7.05. The summed E-state index contributed by atoms with van der Waals surface area (Å²) in [7, 11) is 0. The maximum atomic E-state index is 13.4. The van der Waals surface area contributed by atoms with Gasteiger partial charge in [-0.1, -0.05) is 72.3 Å². The lowest BCUT2D eigenvalue weighted by Gasteiger charge is -2.25. The molecule has 0 fully saturated rings. The molecule has 0 saturated heterocycles. The zero-order valence-electron chi connectivity index (χ0n) is 15.3. The first-order chi connectivity index (χ1) is 14.1. The molecule has 1 amide bonds. The van der Waals surface area contributed by atoms with Gasteiger partial charge in [0.15, 0.2) is 5.43 Å². The van der Waals surface area contributed by atoms with E-state index in [-0.39, 0.29) is 17.1 Å². The van der Waals surface area contributed by atoms with Gasteiger partial charge in [0.2, 0.25) is 5.76 Å². The molecule has 0 radical (unpaired) electrons. The molecule has 0 saturated carbocycles. The minimum Gasteiger partial charge on any atom is -0.450 e. The smallest absolute Gasteiger partial charge is 0.291 e. The zero-order valence-corrected chi connectivity index (χ0v) is 16.1. The number of carbonyl (C=O) groups excluding carboxylic acids is 1. The Morgan fingerprint density at radius 2 is 1.59 bits per heavy atom. The zero-order chi connectivity index (χ0) is 20.0. The first kappa shape index (κ1) is 17.7. The van der Waals surface area contributed by atoms with E-state index < -0.39 is 6.04 Å². The largest absolute Gasteiger partial charge is 0.450 e. The van der Waals surface area contributed by atoms with E-state index in [1.807, 2.05) is 60.7 Å². The van der Waals surface area contributed by atoms with Crippen molar-refractivity contribution in [2.75, 3.05) is 0 Å². The first-order valence-electron chi connectivity index (χ1n) is 9.29. The summed E-state index contributed by atoms with van der Waals surface area (Å²) in [5, 5.41) is 0.831. The third-order valence-corrected chi connectivity index (χ3v) is 5.47. The van der Waals surface area contributed by atoms with Crippen molar-refractivity contribution in [1.82, 2.24) is 4.90 Å². The summed E-state index contributed by atoms with van der Waals surface area (Å²) >= 11 is 6.10. The minimum atomic E-state index is -0.515. The average Bonchev–Trinajstić information content (AvgIpc) is 3.02. The quantitative estimate of drug-likeness (QED) is 0.474. The monoisotopic (exact) mass is 401 g/mol. The molecule has 5 rings (SSSR count). The van der Waals surface area contributed by atoms with E-state index in [0.29, 0.717) is 28.1 Å². The van der Waals surface area contributed by atoms with Crippen molar-refractivity contribution in [3.63, 3.8) is 0 Å². The number of carbonyl (C=O) groups is 1. The van der Waals surface area contributed by atoms with E-state index in [9.17, 15) is 9.59 Å². The van der Waals surface area contributed by atoms with Gasteiger partial charge in [-0.15, -0.1) is 0 Å². The number of fused-ring (bicyclic) bond motifs is 2. The van der Waals surface area contributed by atoms with E-state index in [0.717, 1.165) is 11.1 Å². The van der Waals surface area contributed by atoms with Gasteiger partial charge in [-0.25, -0.2) is 0 Å². The molecule has 1 aliphatic heterocycles. The van der Waals surface area contributed by atoms with Crippen LogP contribution in [-0.2, 0) is 6.54 Å². The lowest BCUT2D eigenvalue weighted by molar-refractivity contribution is 0.0714. The van der Waals surface area contributed by atoms with Crippen LogP contribution in [0.3, 0.4) is 0 Å². The molecule has 0 aliphatic carbocycles. The molecule has 29 heavy (non-hydrogen) atoms. The second-order valence-corrected chi connectivity index (χ2v) is 7.48. The Morgan fingerprint density at radius 1 is 0.897 bits per heavy atom. The van der Waals surface area contributed by atoms with E-state index in [2.05, 4.69) is 0 Å². The third-order valence-electron chi connectivity index (χ3n) is 5.24. The fourth-order valence-electron chi connectivity index (χ4n) is 3.92. The fraction of sp³-hybridized carbons (Fsp3) is 0.0833. The van der Waals surface area contributed by atoms with Crippen molar-refractivity contribution < 1.29 is 9.21 Å². The summed E-state index contributed by atoms with van der Waals surface area (Å²) in [5.41, 5.74) is 2.35. The molecular formula is C24H16ClNO3. The van der Waals surface area contributed by atoms with Crippen LogP contribution < -0.4 is 5.43 Å². The highest BCUT2D eigenvalue weighted by Crippen LogP contribution is 2.39. The van der Waals surface area contributed by atoms with Crippen LogP contribution in [0.1, 0.15) is 33.3 Å². The number of nitrogens with zero attached hydrogens (tertiary/aromatic N) is 1. The van der Waals surface area contributed by atoms with Crippen LogP contribution in [-0.4, -0.2) is 10.8 Å². The van der Waals surface area contributed by atoms with Crippen molar-refractivity contribution >= 4 is 28.5 Å². The summed E-state index contributed by atoms with van der Waals surface area (Å²) in [6, 6.07) is 23.6. The van der Waals surface area contributed by atoms with E-state index in [1.54, 1.807) is 23.1 Å². The van der Waals surface area contributed by atoms with Crippen LogP contribution >= 0.6 is 11.6 Å². The van der Waals surface area contributed by atoms with Crippen LogP contribution in [0, 0.1) is 0 Å². The van der Waals surface area contributed by atoms with Crippen molar-refractivity contribution in [3.05, 3.63) is 117 Å². The Kier molecular flexibility index (Phi) is 4.22. The number of hydrogen-bond acceptors (Lipinski definition) is 3. The number of amides is 1. The van der Waals surface area contributed by atoms with Gasteiger partial charge in [-0.05, 0) is 29.3 Å². The minimum absolute atomic E-state index is 0.106. The molecule has 5 heteroatoms. The first-order valence-corrected chi connectivity index (χ1v) is 9.67. The SMILES string of the molecule is O=C1c2oc3ccc(Cl)cc3c(=O)c2C(c2ccccc2)N1Cc1ccccc1. The second kappa shape index (κ2) is 6.90. The average molecular weight is 402 g/mol. The molecule has 4 nitrogen and oxygen atoms in total. The molecule has 1 unspecified atom stereocenters. The number of benzene rings is 3. The van der Waals surface area contributed by atoms with Gasteiger partial charge in [-0.3, -0.25) is 9.59 Å². The van der Waals surface area contributed by atoms with E-state index >= 15 is 0 Å². The summed E-state index contributed by atoms with van der Waals surface area (Å²) in [5.74, 6) is -0.179. The lowest BCUT2D eigenvalue weighted by atomic mass is 9.98. The molecule has 2 heterocycles. The van der Waals surface area contributed by atoms with E-state index in [4.69, 9.17) is 16.0 Å². The van der Waals surface area contributed by atoms with Crippen molar-refractivity contribution in [2.24, 2.45) is 0 Å². The lowest BCUT2D eigenvalue weighted by Crippen LogP contribution is -2.29. The summed E-state index contributed by atoms with van der Waals surface area (Å²) in [6.45, 7) is 0.375. The van der Waals surface area contributed by atoms with Crippen LogP contribution in [0.15, 0.2) is 88.1 Å². The Hall–Kier alpha value is -3.37. The molecule has 1 atom stereocenters. The van der Waals surface area contributed by atoms with Crippen molar-refractivity contribution in [3.8, 4) is 0 Å². The Bertz CT molecular complexity index is 1280. The van der Waals surface area contributed by atoms with Gasteiger partial charge in [0.25, 0.3) is 5.91 Å². The van der Waals surface area contributed by atoms with E-state index in [1.165, 1.54) is 0 Å². The molecule has 3 aromatic carbocycles. The van der Waals surface area contributed by atoms with Gasteiger partial charge in [-0.2, -0.15) is 0 Å². The highest BCUT2D eigenvalue weighted by atomic mass is 35.5. The fourth-order valence-corrected chi connectivity index (χ4v) is 4.09. The molecule has 1 aliphatic rings. The Labute approximate surface area is 172 Å². The number of hydrogen-bond donors (Lipinski definition) is 0. The summed E-state index contributed by atoms with van der Waals surface area (Å²) in [6.07, 6.45) is 0. The van der Waals surface area contributed by atoms with Gasteiger partial charge in [0.1, 0.15) is 5.58 Å². The molecular weight excluding hydrogens is 386 g/mol. The van der Waals surface area contributed by atoms with Gasteiger partial charge in [0.05, 0.1) is 17.0 Å². The predicted octanol–water partition coefficient (Wildman–Crippen LogP) is 5.19. The highest BCUT2D eigenvalue weighted by Gasteiger charge is 2.42.